The minimum atomic E-state index is 0.104. The van der Waals surface area contributed by atoms with Gasteiger partial charge in [-0.1, -0.05) is 11.6 Å². The first-order valence-electron chi connectivity index (χ1n) is 4.32. The van der Waals surface area contributed by atoms with E-state index in [2.05, 4.69) is 0 Å². The highest BCUT2D eigenvalue weighted by molar-refractivity contribution is 5.59. The molecule has 2 N–H and O–H groups in total. The molecule has 0 unspecified atom stereocenters. The summed E-state index contributed by atoms with van der Waals surface area (Å²) < 4.78 is 1.45. The molecular formula is C10H15NO2. The molecule has 72 valence electrons. The molecular weight excluding hydrogens is 166 g/mol. The van der Waals surface area contributed by atoms with Crippen LogP contribution in [0.2, 0.25) is 0 Å². The lowest BCUT2D eigenvalue weighted by Crippen LogP contribution is -1.91. The van der Waals surface area contributed by atoms with Gasteiger partial charge in [0.25, 0.3) is 0 Å². The van der Waals surface area contributed by atoms with Gasteiger partial charge < -0.3 is 10.2 Å². The molecule has 3 heteroatoms. The average Bonchev–Trinajstić information content (AvgIpc) is 2.26. The highest BCUT2D eigenvalue weighted by atomic mass is 16.3. The molecule has 0 fully saturated rings. The van der Waals surface area contributed by atoms with Crippen molar-refractivity contribution in [2.75, 3.05) is 0 Å². The number of rotatable bonds is 2. The molecule has 0 saturated heterocycles. The van der Waals surface area contributed by atoms with Crippen LogP contribution in [0.25, 0.3) is 6.08 Å². The second-order valence-electron chi connectivity index (χ2n) is 3.25. The number of allylic oxidation sites excluding steroid dienone is 1. The van der Waals surface area contributed by atoms with E-state index in [1.807, 2.05) is 26.8 Å². The Bertz CT molecular complexity index is 333. The molecule has 0 aliphatic heterocycles. The Balaban J connectivity index is 3.18. The fourth-order valence-corrected chi connectivity index (χ4v) is 1.27. The minimum absolute atomic E-state index is 0.104. The summed E-state index contributed by atoms with van der Waals surface area (Å²) in [6.45, 7) is 6.32. The zero-order valence-electron chi connectivity index (χ0n) is 8.20. The normalized spacial score (nSPS) is 10.1. The van der Waals surface area contributed by atoms with Crippen molar-refractivity contribution in [1.82, 2.24) is 4.57 Å². The van der Waals surface area contributed by atoms with Crippen LogP contribution in [0.5, 0.6) is 11.8 Å². The fourth-order valence-electron chi connectivity index (χ4n) is 1.27. The third-order valence-corrected chi connectivity index (χ3v) is 1.84. The van der Waals surface area contributed by atoms with Crippen molar-refractivity contribution in [3.63, 3.8) is 0 Å². The number of hydrogen-bond donors (Lipinski definition) is 2. The molecule has 0 atom stereocenters. The Morgan fingerprint density at radius 2 is 2.08 bits per heavy atom. The van der Waals surface area contributed by atoms with Crippen LogP contribution in [0.3, 0.4) is 0 Å². The van der Waals surface area contributed by atoms with Gasteiger partial charge in [-0.15, -0.1) is 0 Å². The third-order valence-electron chi connectivity index (χ3n) is 1.84. The van der Waals surface area contributed by atoms with Crippen LogP contribution in [0.15, 0.2) is 11.6 Å². The maximum absolute atomic E-state index is 9.62. The van der Waals surface area contributed by atoms with Gasteiger partial charge in [0.1, 0.15) is 0 Å². The van der Waals surface area contributed by atoms with Crippen LogP contribution in [0.4, 0.5) is 0 Å². The van der Waals surface area contributed by atoms with E-state index in [9.17, 15) is 10.2 Å². The van der Waals surface area contributed by atoms with E-state index < -0.39 is 0 Å². The van der Waals surface area contributed by atoms with Gasteiger partial charge in [0.05, 0.1) is 0 Å². The largest absolute Gasteiger partial charge is 0.494 e. The van der Waals surface area contributed by atoms with Crippen molar-refractivity contribution in [2.24, 2.45) is 0 Å². The molecule has 0 radical (unpaired) electrons. The number of hydrogen-bond acceptors (Lipinski definition) is 2. The smallest absolute Gasteiger partial charge is 0.201 e. The lowest BCUT2D eigenvalue weighted by molar-refractivity contribution is 0.373. The van der Waals surface area contributed by atoms with E-state index in [0.717, 1.165) is 5.57 Å². The molecule has 0 aromatic carbocycles. The van der Waals surface area contributed by atoms with Crippen molar-refractivity contribution in [1.29, 1.82) is 0 Å². The summed E-state index contributed by atoms with van der Waals surface area (Å²) in [7, 11) is 0. The molecule has 0 spiro atoms. The molecule has 0 aliphatic rings. The van der Waals surface area contributed by atoms with Crippen molar-refractivity contribution in [2.45, 2.75) is 27.3 Å². The molecule has 0 amide bonds. The van der Waals surface area contributed by atoms with Gasteiger partial charge in [-0.05, 0) is 20.8 Å². The molecule has 1 heterocycles. The Kier molecular flexibility index (Phi) is 2.66. The predicted molar refractivity (Wildman–Crippen MR) is 52.8 cm³/mol. The average molecular weight is 181 g/mol. The van der Waals surface area contributed by atoms with Crippen molar-refractivity contribution in [3.8, 4) is 11.8 Å². The van der Waals surface area contributed by atoms with E-state index >= 15 is 0 Å². The van der Waals surface area contributed by atoms with Gasteiger partial charge in [-0.2, -0.15) is 0 Å². The standard InChI is InChI=1S/C10H15NO2/c1-4-11-9(12)6-8(10(11)13)5-7(2)3/h5-6,12-13H,4H2,1-3H3. The van der Waals surface area contributed by atoms with Gasteiger partial charge >= 0.3 is 0 Å². The first kappa shape index (κ1) is 9.71. The van der Waals surface area contributed by atoms with Crippen LogP contribution in [0, 0.1) is 0 Å². The SMILES string of the molecule is CCn1c(O)cc(C=C(C)C)c1O. The summed E-state index contributed by atoms with van der Waals surface area (Å²) in [4.78, 5) is 0. The van der Waals surface area contributed by atoms with Crippen molar-refractivity contribution in [3.05, 3.63) is 17.2 Å². The zero-order valence-corrected chi connectivity index (χ0v) is 8.20. The monoisotopic (exact) mass is 181 g/mol. The fraction of sp³-hybridized carbons (Fsp3) is 0.400. The molecule has 1 rings (SSSR count). The van der Waals surface area contributed by atoms with Crippen LogP contribution >= 0.6 is 0 Å². The molecule has 0 saturated carbocycles. The summed E-state index contributed by atoms with van der Waals surface area (Å²) >= 11 is 0. The van der Waals surface area contributed by atoms with Crippen molar-refractivity contribution >= 4 is 6.08 Å². The summed E-state index contributed by atoms with van der Waals surface area (Å²) in [6, 6.07) is 1.56. The summed E-state index contributed by atoms with van der Waals surface area (Å²) in [5.74, 6) is 0.230. The van der Waals surface area contributed by atoms with E-state index in [-0.39, 0.29) is 11.8 Å². The lowest BCUT2D eigenvalue weighted by atomic mass is 10.2. The number of nitrogens with zero attached hydrogens (tertiary/aromatic N) is 1. The summed E-state index contributed by atoms with van der Waals surface area (Å²) in [5.41, 5.74) is 1.75. The summed E-state index contributed by atoms with van der Waals surface area (Å²) in [5, 5.41) is 19.0. The highest BCUT2D eigenvalue weighted by Crippen LogP contribution is 2.28. The van der Waals surface area contributed by atoms with E-state index in [0.29, 0.717) is 12.1 Å². The Labute approximate surface area is 77.9 Å². The molecule has 1 aromatic rings. The molecule has 3 nitrogen and oxygen atoms in total. The van der Waals surface area contributed by atoms with Gasteiger partial charge in [-0.3, -0.25) is 4.57 Å². The van der Waals surface area contributed by atoms with Crippen LogP contribution < -0.4 is 0 Å². The lowest BCUT2D eigenvalue weighted by Gasteiger charge is -2.01. The zero-order chi connectivity index (χ0) is 10.0. The number of aromatic hydroxyl groups is 2. The second kappa shape index (κ2) is 3.56. The predicted octanol–water partition coefficient (Wildman–Crippen LogP) is 2.34. The Hall–Kier alpha value is -1.38. The molecule has 0 aliphatic carbocycles. The van der Waals surface area contributed by atoms with E-state index in [4.69, 9.17) is 0 Å². The molecule has 0 bridgehead atoms. The Morgan fingerprint density at radius 3 is 2.46 bits per heavy atom. The van der Waals surface area contributed by atoms with Crippen molar-refractivity contribution < 1.29 is 10.2 Å². The van der Waals surface area contributed by atoms with Crippen LogP contribution in [-0.2, 0) is 6.54 Å². The molecule has 13 heavy (non-hydrogen) atoms. The third kappa shape index (κ3) is 1.86. The highest BCUT2D eigenvalue weighted by Gasteiger charge is 2.09. The first-order chi connectivity index (χ1) is 6.06. The van der Waals surface area contributed by atoms with E-state index in [1.165, 1.54) is 4.57 Å². The maximum Gasteiger partial charge on any atom is 0.201 e. The number of aromatic nitrogens is 1. The Morgan fingerprint density at radius 1 is 1.46 bits per heavy atom. The van der Waals surface area contributed by atoms with Crippen LogP contribution in [-0.4, -0.2) is 14.8 Å². The summed E-state index contributed by atoms with van der Waals surface area (Å²) in [6.07, 6.45) is 1.83. The molecule has 1 aromatic heterocycles. The van der Waals surface area contributed by atoms with Crippen LogP contribution in [0.1, 0.15) is 26.3 Å². The second-order valence-corrected chi connectivity index (χ2v) is 3.25. The first-order valence-corrected chi connectivity index (χ1v) is 4.32. The quantitative estimate of drug-likeness (QED) is 0.735. The van der Waals surface area contributed by atoms with Gasteiger partial charge in [0.15, 0.2) is 5.88 Å². The minimum Gasteiger partial charge on any atom is -0.494 e. The van der Waals surface area contributed by atoms with Gasteiger partial charge in [0.2, 0.25) is 5.88 Å². The van der Waals surface area contributed by atoms with E-state index in [1.54, 1.807) is 6.07 Å². The van der Waals surface area contributed by atoms with Gasteiger partial charge in [-0.25, -0.2) is 0 Å². The maximum atomic E-state index is 9.62. The van der Waals surface area contributed by atoms with Gasteiger partial charge in [0, 0.05) is 18.2 Å². The topological polar surface area (TPSA) is 45.4 Å².